The molecule has 0 aliphatic carbocycles. The van der Waals surface area contributed by atoms with E-state index < -0.39 is 41.2 Å². The number of ether oxygens (including phenoxy) is 1. The van der Waals surface area contributed by atoms with Gasteiger partial charge >= 0.3 is 0 Å². The van der Waals surface area contributed by atoms with Gasteiger partial charge in [0.05, 0.1) is 33.2 Å². The van der Waals surface area contributed by atoms with Crippen LogP contribution in [-0.4, -0.2) is 111 Å². The van der Waals surface area contributed by atoms with Crippen molar-refractivity contribution in [3.63, 3.8) is 0 Å². The van der Waals surface area contributed by atoms with E-state index in [1.165, 1.54) is 18.5 Å². The maximum atomic E-state index is 13.5. The summed E-state index contributed by atoms with van der Waals surface area (Å²) in [5.74, 6) is -1.45. The van der Waals surface area contributed by atoms with Crippen LogP contribution in [0.25, 0.3) is 22.2 Å². The van der Waals surface area contributed by atoms with Crippen molar-refractivity contribution in [3.05, 3.63) is 93.9 Å². The first-order valence-corrected chi connectivity index (χ1v) is 21.2. The van der Waals surface area contributed by atoms with Gasteiger partial charge in [0, 0.05) is 86.4 Å². The zero-order valence-corrected chi connectivity index (χ0v) is 36.2. The molecule has 2 saturated heterocycles. The average molecular weight is 896 g/mol. The summed E-state index contributed by atoms with van der Waals surface area (Å²) in [6.45, 7) is 7.92. The lowest BCUT2D eigenvalue weighted by atomic mass is 9.88. The summed E-state index contributed by atoms with van der Waals surface area (Å²) in [7, 11) is 0. The summed E-state index contributed by atoms with van der Waals surface area (Å²) in [5.41, 5.74) is 2.91. The van der Waals surface area contributed by atoms with Gasteiger partial charge in [0.25, 0.3) is 11.8 Å². The van der Waals surface area contributed by atoms with Crippen LogP contribution in [0.5, 0.6) is 5.75 Å². The number of rotatable bonds is 13. The van der Waals surface area contributed by atoms with Crippen LogP contribution in [0.2, 0.25) is 10.0 Å². The molecule has 2 fully saturated rings. The summed E-state index contributed by atoms with van der Waals surface area (Å²) in [6.07, 6.45) is 4.68. The van der Waals surface area contributed by atoms with Crippen LogP contribution < -0.4 is 25.6 Å². The fourth-order valence-corrected chi connectivity index (χ4v) is 8.75. The van der Waals surface area contributed by atoms with Crippen LogP contribution >= 0.6 is 23.2 Å². The summed E-state index contributed by atoms with van der Waals surface area (Å²) in [6, 6.07) is 13.1. The molecule has 8 rings (SSSR count). The Balaban J connectivity index is 0.805. The van der Waals surface area contributed by atoms with E-state index in [1.807, 2.05) is 56.0 Å². The van der Waals surface area contributed by atoms with Crippen molar-refractivity contribution < 1.29 is 33.5 Å². The number of fused-ring (bicyclic) bond motifs is 2. The van der Waals surface area contributed by atoms with Gasteiger partial charge in [-0.3, -0.25) is 49.1 Å². The molecule has 0 bridgehead atoms. The van der Waals surface area contributed by atoms with Gasteiger partial charge in [-0.2, -0.15) is 5.10 Å². The molecule has 0 radical (unpaired) electrons. The van der Waals surface area contributed by atoms with E-state index in [9.17, 15) is 28.8 Å². The number of halogens is 2. The number of piperidine rings is 1. The highest BCUT2D eigenvalue weighted by Gasteiger charge is 2.45. The van der Waals surface area contributed by atoms with E-state index in [1.54, 1.807) is 18.3 Å². The van der Waals surface area contributed by atoms with Crippen LogP contribution in [0.15, 0.2) is 67.1 Å². The maximum Gasteiger partial charge on any atom is 0.264 e. The third kappa shape index (κ3) is 9.02. The van der Waals surface area contributed by atoms with Gasteiger partial charge in [0.1, 0.15) is 29.4 Å². The molecular weight excluding hydrogens is 851 g/mol. The number of hydrogen-bond acceptors (Lipinski definition) is 12. The van der Waals surface area contributed by atoms with E-state index >= 15 is 0 Å². The van der Waals surface area contributed by atoms with Gasteiger partial charge in [-0.05, 0) is 61.2 Å². The van der Waals surface area contributed by atoms with Crippen LogP contribution in [0.1, 0.15) is 72.4 Å². The molecule has 63 heavy (non-hydrogen) atoms. The summed E-state index contributed by atoms with van der Waals surface area (Å²) >= 11 is 12.7. The lowest BCUT2D eigenvalue weighted by Gasteiger charge is -2.37. The fraction of sp³-hybridized carbons (Fsp3) is 0.341. The minimum Gasteiger partial charge on any atom is -0.486 e. The fourth-order valence-electron chi connectivity index (χ4n) is 8.08. The highest BCUT2D eigenvalue weighted by atomic mass is 35.5. The Labute approximate surface area is 371 Å². The highest BCUT2D eigenvalue weighted by Crippen LogP contribution is 2.36. The first kappa shape index (κ1) is 43.1. The largest absolute Gasteiger partial charge is 0.486 e. The first-order valence-electron chi connectivity index (χ1n) is 20.5. The molecule has 3 aromatic heterocycles. The molecule has 19 heteroatoms. The molecule has 6 heterocycles. The Hall–Kier alpha value is -6.59. The highest BCUT2D eigenvalue weighted by molar-refractivity contribution is 6.35. The van der Waals surface area contributed by atoms with Crippen molar-refractivity contribution in [2.75, 3.05) is 49.5 Å². The van der Waals surface area contributed by atoms with E-state index in [0.717, 1.165) is 32.9 Å². The minimum absolute atomic E-state index is 0.0102. The third-order valence-corrected chi connectivity index (χ3v) is 12.0. The number of amides is 6. The number of imide groups is 2. The molecule has 3 aliphatic heterocycles. The molecule has 326 valence electrons. The van der Waals surface area contributed by atoms with Crippen LogP contribution in [-0.2, 0) is 19.2 Å². The normalized spacial score (nSPS) is 17.2. The molecule has 6 amide bonds. The van der Waals surface area contributed by atoms with Crippen molar-refractivity contribution in [1.29, 1.82) is 0 Å². The average Bonchev–Trinajstić information content (AvgIpc) is 3.79. The van der Waals surface area contributed by atoms with Crippen molar-refractivity contribution in [3.8, 4) is 17.0 Å². The molecule has 0 spiro atoms. The Morgan fingerprint density at radius 3 is 2.44 bits per heavy atom. The van der Waals surface area contributed by atoms with Crippen LogP contribution in [0.3, 0.4) is 0 Å². The van der Waals surface area contributed by atoms with Crippen LogP contribution in [0.4, 0.5) is 11.5 Å². The number of piperazine rings is 1. The monoisotopic (exact) mass is 894 g/mol. The lowest BCUT2D eigenvalue weighted by molar-refractivity contribution is -0.136. The van der Waals surface area contributed by atoms with Gasteiger partial charge < -0.3 is 25.2 Å². The van der Waals surface area contributed by atoms with Crippen molar-refractivity contribution in [2.24, 2.45) is 5.41 Å². The van der Waals surface area contributed by atoms with Gasteiger partial charge in [-0.15, -0.1) is 0 Å². The lowest BCUT2D eigenvalue weighted by Crippen LogP contribution is -2.54. The van der Waals surface area contributed by atoms with Gasteiger partial charge in [0.15, 0.2) is 0 Å². The van der Waals surface area contributed by atoms with E-state index in [0.29, 0.717) is 47.5 Å². The van der Waals surface area contributed by atoms with E-state index in [-0.39, 0.29) is 61.0 Å². The van der Waals surface area contributed by atoms with Gasteiger partial charge in [-0.25, -0.2) is 4.98 Å². The van der Waals surface area contributed by atoms with Gasteiger partial charge in [-0.1, -0.05) is 43.1 Å². The number of carbonyl (C=O) groups excluding carboxylic acids is 6. The molecule has 4 N–H and O–H groups in total. The van der Waals surface area contributed by atoms with Crippen molar-refractivity contribution in [1.82, 2.24) is 40.6 Å². The molecule has 5 aromatic rings. The predicted octanol–water partition coefficient (Wildman–Crippen LogP) is 5.16. The summed E-state index contributed by atoms with van der Waals surface area (Å²) < 4.78 is 6.22. The number of H-pyrrole nitrogens is 1. The quantitative estimate of drug-likeness (QED) is 0.113. The number of anilines is 2. The Bertz CT molecular complexity index is 2630. The van der Waals surface area contributed by atoms with Crippen molar-refractivity contribution >= 4 is 81.1 Å². The van der Waals surface area contributed by atoms with E-state index in [4.69, 9.17) is 32.9 Å². The second kappa shape index (κ2) is 17.6. The van der Waals surface area contributed by atoms with Crippen LogP contribution in [0, 0.1) is 5.41 Å². The smallest absolute Gasteiger partial charge is 0.264 e. The number of hydrogen-bond donors (Lipinski definition) is 4. The number of carbonyl (C=O) groups is 6. The third-order valence-electron chi connectivity index (χ3n) is 11.4. The van der Waals surface area contributed by atoms with Crippen molar-refractivity contribution in [2.45, 2.75) is 52.2 Å². The zero-order valence-electron chi connectivity index (χ0n) is 34.7. The zero-order chi connectivity index (χ0) is 44.6. The second-order valence-corrected chi connectivity index (χ2v) is 17.3. The molecular formula is C44H44Cl2N10O7. The first-order chi connectivity index (χ1) is 30.2. The number of pyridine rings is 2. The molecule has 3 aliphatic rings. The Morgan fingerprint density at radius 2 is 1.73 bits per heavy atom. The topological polar surface area (TPSA) is 212 Å². The maximum absolute atomic E-state index is 13.5. The Kier molecular flexibility index (Phi) is 12.1. The minimum atomic E-state index is -1.10. The number of nitrogens with zero attached hydrogens (tertiary/aromatic N) is 6. The van der Waals surface area contributed by atoms with Gasteiger partial charge in [0.2, 0.25) is 23.6 Å². The number of aromatic amines is 1. The Morgan fingerprint density at radius 1 is 0.968 bits per heavy atom. The molecule has 17 nitrogen and oxygen atoms in total. The second-order valence-electron chi connectivity index (χ2n) is 16.5. The summed E-state index contributed by atoms with van der Waals surface area (Å²) in [5, 5.41) is 17.4. The summed E-state index contributed by atoms with van der Waals surface area (Å²) in [4.78, 5) is 90.7. The predicted molar refractivity (Wildman–Crippen MR) is 234 cm³/mol. The molecule has 2 atom stereocenters. The molecule has 2 aromatic carbocycles. The SMILES string of the molecule is C[C@@H](Oc1ccc2[nH]nc(-c3ccc(N4CCN(C(=O)CC(C)(C)CNC(=O)CNc5cccc6c5C(=O)N(C5CCC(=O)NC5=O)C6=O)CC4)nc3)c2c1)c1c(Cl)cncc1Cl. The number of aromatic nitrogens is 4. The standard InChI is InChI=1S/C44H44Cl2N10O7/c1-24(38-29(45)20-47-21-30(38)46)63-26-8-9-31-28(17-26)40(53-52-31)25-7-11-34(49-19-25)54-13-15-55(16-14-54)37(59)18-44(2,3)23-50-36(58)22-48-32-6-4-5-27-39(32)43(62)56(42(27)61)33-10-12-35(57)51-41(33)60/h4-9,11,17,19-21,24,33,48H,10,12-16,18,22-23H2,1-3H3,(H,50,58)(H,52,53)(H,51,57,60)/t24-,33?/m1/s1. The van der Waals surface area contributed by atoms with E-state index in [2.05, 4.69) is 36.0 Å². The molecule has 1 unspecified atom stereocenters. The number of nitrogens with one attached hydrogen (secondary N) is 4. The number of benzene rings is 2. The molecule has 0 saturated carbocycles.